The van der Waals surface area contributed by atoms with E-state index in [0.29, 0.717) is 11.6 Å². The number of rotatable bonds is 3. The molecule has 1 saturated heterocycles. The van der Waals surface area contributed by atoms with Crippen molar-refractivity contribution in [2.75, 3.05) is 13.1 Å². The molecule has 0 spiro atoms. The number of carboxylic acids is 1. The molecule has 0 radical (unpaired) electrons. The summed E-state index contributed by atoms with van der Waals surface area (Å²) >= 11 is 0. The second kappa shape index (κ2) is 5.92. The number of hydrogen-bond acceptors (Lipinski definition) is 2. The number of piperidine rings is 1. The third-order valence-corrected chi connectivity index (χ3v) is 4.93. The molecule has 1 saturated carbocycles. The van der Waals surface area contributed by atoms with Gasteiger partial charge in [-0.1, -0.05) is 19.3 Å². The van der Waals surface area contributed by atoms with E-state index in [9.17, 15) is 9.59 Å². The van der Waals surface area contributed by atoms with Gasteiger partial charge >= 0.3 is 5.97 Å². The van der Waals surface area contributed by atoms with Crippen LogP contribution in [-0.4, -0.2) is 39.5 Å². The highest BCUT2D eigenvalue weighted by molar-refractivity contribution is 5.93. The number of amides is 1. The van der Waals surface area contributed by atoms with Crippen molar-refractivity contribution in [1.29, 1.82) is 0 Å². The van der Waals surface area contributed by atoms with E-state index >= 15 is 0 Å². The minimum Gasteiger partial charge on any atom is -0.480 e. The minimum absolute atomic E-state index is 0.0229. The van der Waals surface area contributed by atoms with Gasteiger partial charge in [0.25, 0.3) is 5.91 Å². The molecule has 2 atom stereocenters. The number of aliphatic carboxylic acids is 1. The van der Waals surface area contributed by atoms with Crippen molar-refractivity contribution in [3.8, 4) is 0 Å². The highest BCUT2D eigenvalue weighted by Crippen LogP contribution is 2.36. The van der Waals surface area contributed by atoms with Crippen LogP contribution in [0.2, 0.25) is 0 Å². The molecule has 5 heteroatoms. The number of fused-ring (bicyclic) bond motifs is 1. The Balaban J connectivity index is 1.70. The van der Waals surface area contributed by atoms with Crippen LogP contribution >= 0.6 is 0 Å². The maximum absolute atomic E-state index is 12.6. The number of aromatic nitrogens is 1. The molecule has 2 aliphatic rings. The fourth-order valence-corrected chi connectivity index (χ4v) is 3.84. The molecule has 2 heterocycles. The van der Waals surface area contributed by atoms with Crippen LogP contribution in [0.5, 0.6) is 0 Å². The van der Waals surface area contributed by atoms with Gasteiger partial charge in [-0.15, -0.1) is 0 Å². The lowest BCUT2D eigenvalue weighted by molar-refractivity contribution is -0.137. The Bertz CT molecular complexity index is 537. The van der Waals surface area contributed by atoms with Gasteiger partial charge in [0, 0.05) is 19.3 Å². The van der Waals surface area contributed by atoms with Crippen molar-refractivity contribution in [3.05, 3.63) is 24.0 Å². The zero-order chi connectivity index (χ0) is 14.8. The second-order valence-corrected chi connectivity index (χ2v) is 6.26. The summed E-state index contributed by atoms with van der Waals surface area (Å²) in [6.07, 6.45) is 7.90. The van der Waals surface area contributed by atoms with E-state index in [0.717, 1.165) is 25.4 Å². The molecule has 5 nitrogen and oxygen atoms in total. The van der Waals surface area contributed by atoms with Crippen LogP contribution in [0.25, 0.3) is 0 Å². The van der Waals surface area contributed by atoms with Gasteiger partial charge in [-0.25, -0.2) is 0 Å². The minimum atomic E-state index is -0.925. The molecule has 3 rings (SSSR count). The number of carbonyl (C=O) groups is 2. The zero-order valence-electron chi connectivity index (χ0n) is 12.2. The van der Waals surface area contributed by atoms with Crippen molar-refractivity contribution < 1.29 is 14.7 Å². The number of carbonyl (C=O) groups excluding carboxylic acids is 1. The Morgan fingerprint density at radius 1 is 1.19 bits per heavy atom. The topological polar surface area (TPSA) is 62.5 Å². The Morgan fingerprint density at radius 3 is 2.71 bits per heavy atom. The van der Waals surface area contributed by atoms with Gasteiger partial charge < -0.3 is 14.6 Å². The molecule has 0 aromatic carbocycles. The van der Waals surface area contributed by atoms with Crippen LogP contribution in [-0.2, 0) is 11.3 Å². The summed E-state index contributed by atoms with van der Waals surface area (Å²) in [7, 11) is 0. The zero-order valence-corrected chi connectivity index (χ0v) is 12.2. The molecule has 0 bridgehead atoms. The summed E-state index contributed by atoms with van der Waals surface area (Å²) in [5, 5.41) is 8.91. The third kappa shape index (κ3) is 2.96. The summed E-state index contributed by atoms with van der Waals surface area (Å²) in [6, 6.07) is 3.46. The van der Waals surface area contributed by atoms with E-state index in [2.05, 4.69) is 0 Å². The molecule has 1 aromatic heterocycles. The molecule has 2 unspecified atom stereocenters. The lowest BCUT2D eigenvalue weighted by Crippen LogP contribution is -2.45. The first kappa shape index (κ1) is 14.2. The van der Waals surface area contributed by atoms with Crippen molar-refractivity contribution in [2.24, 2.45) is 11.8 Å². The average molecular weight is 290 g/mol. The van der Waals surface area contributed by atoms with E-state index in [-0.39, 0.29) is 12.5 Å². The molecule has 1 aliphatic carbocycles. The predicted molar refractivity (Wildman–Crippen MR) is 78.0 cm³/mol. The first-order valence-corrected chi connectivity index (χ1v) is 7.81. The summed E-state index contributed by atoms with van der Waals surface area (Å²) in [5.74, 6) is 0.476. The van der Waals surface area contributed by atoms with Crippen molar-refractivity contribution >= 4 is 11.9 Å². The number of nitrogens with zero attached hydrogens (tertiary/aromatic N) is 2. The van der Waals surface area contributed by atoms with Gasteiger partial charge in [-0.3, -0.25) is 9.59 Å². The van der Waals surface area contributed by atoms with Gasteiger partial charge in [0.15, 0.2) is 0 Å². The molecule has 1 N–H and O–H groups in total. The van der Waals surface area contributed by atoms with Crippen LogP contribution in [0.1, 0.15) is 42.6 Å². The van der Waals surface area contributed by atoms with E-state index < -0.39 is 5.97 Å². The quantitative estimate of drug-likeness (QED) is 0.928. The maximum Gasteiger partial charge on any atom is 0.323 e. The van der Waals surface area contributed by atoms with Crippen LogP contribution in [0.15, 0.2) is 18.3 Å². The summed E-state index contributed by atoms with van der Waals surface area (Å²) < 4.78 is 1.53. The Hall–Kier alpha value is -1.78. The largest absolute Gasteiger partial charge is 0.480 e. The Kier molecular flexibility index (Phi) is 3.99. The third-order valence-electron chi connectivity index (χ3n) is 4.93. The number of hydrogen-bond donors (Lipinski definition) is 1. The van der Waals surface area contributed by atoms with E-state index in [1.165, 1.54) is 30.3 Å². The lowest BCUT2D eigenvalue weighted by Gasteiger charge is -2.41. The van der Waals surface area contributed by atoms with Gasteiger partial charge in [-0.2, -0.15) is 0 Å². The van der Waals surface area contributed by atoms with Crippen LogP contribution < -0.4 is 0 Å². The summed E-state index contributed by atoms with van der Waals surface area (Å²) in [5.41, 5.74) is 0.492. The molecule has 2 fully saturated rings. The highest BCUT2D eigenvalue weighted by atomic mass is 16.4. The predicted octanol–water partition coefficient (Wildman–Crippen LogP) is 2.23. The molecule has 1 aromatic rings. The van der Waals surface area contributed by atoms with Gasteiger partial charge in [0.2, 0.25) is 0 Å². The fourth-order valence-electron chi connectivity index (χ4n) is 3.84. The first-order valence-electron chi connectivity index (χ1n) is 7.81. The standard InChI is InChI=1S/C16H22N2O3/c19-15(20)11-17-8-3-6-14(17)16(21)18-9-7-12-4-1-2-5-13(12)10-18/h3,6,8,12-13H,1-2,4-5,7,9-11H2,(H,19,20). The van der Waals surface area contributed by atoms with Crippen LogP contribution in [0, 0.1) is 11.8 Å². The molecule has 1 amide bonds. The molecule has 1 aliphatic heterocycles. The van der Waals surface area contributed by atoms with E-state index in [1.54, 1.807) is 18.3 Å². The van der Waals surface area contributed by atoms with Gasteiger partial charge in [-0.05, 0) is 36.8 Å². The molecule has 114 valence electrons. The number of likely N-dealkylation sites (tertiary alicyclic amines) is 1. The van der Waals surface area contributed by atoms with Crippen molar-refractivity contribution in [2.45, 2.75) is 38.6 Å². The monoisotopic (exact) mass is 290 g/mol. The summed E-state index contributed by atoms with van der Waals surface area (Å²) in [4.78, 5) is 25.4. The Labute approximate surface area is 124 Å². The average Bonchev–Trinajstić information content (AvgIpc) is 2.93. The van der Waals surface area contributed by atoms with E-state index in [4.69, 9.17) is 5.11 Å². The maximum atomic E-state index is 12.6. The first-order chi connectivity index (χ1) is 10.1. The summed E-state index contributed by atoms with van der Waals surface area (Å²) in [6.45, 7) is 1.48. The van der Waals surface area contributed by atoms with Crippen molar-refractivity contribution in [3.63, 3.8) is 0 Å². The van der Waals surface area contributed by atoms with E-state index in [1.807, 2.05) is 4.90 Å². The van der Waals surface area contributed by atoms with Crippen molar-refractivity contribution in [1.82, 2.24) is 9.47 Å². The fraction of sp³-hybridized carbons (Fsp3) is 0.625. The second-order valence-electron chi connectivity index (χ2n) is 6.26. The van der Waals surface area contributed by atoms with Crippen LogP contribution in [0.3, 0.4) is 0 Å². The van der Waals surface area contributed by atoms with Crippen LogP contribution in [0.4, 0.5) is 0 Å². The number of carboxylic acid groups (broad SMARTS) is 1. The van der Waals surface area contributed by atoms with Gasteiger partial charge in [0.05, 0.1) is 0 Å². The smallest absolute Gasteiger partial charge is 0.323 e. The molecular formula is C16H22N2O3. The normalized spacial score (nSPS) is 25.4. The van der Waals surface area contributed by atoms with Gasteiger partial charge in [0.1, 0.15) is 12.2 Å². The SMILES string of the molecule is O=C(O)Cn1cccc1C(=O)N1CCC2CCCCC2C1. The molecule has 21 heavy (non-hydrogen) atoms. The lowest BCUT2D eigenvalue weighted by atomic mass is 9.75. The highest BCUT2D eigenvalue weighted by Gasteiger charge is 2.33. The Morgan fingerprint density at radius 2 is 1.95 bits per heavy atom. The molecular weight excluding hydrogens is 268 g/mol.